The first kappa shape index (κ1) is 14.2. The van der Waals surface area contributed by atoms with Gasteiger partial charge < -0.3 is 5.11 Å². The maximum Gasteiger partial charge on any atom is 0.150 e. The molecule has 0 spiro atoms. The number of phenolic OH excluding ortho intramolecular Hbond substituents is 1. The Hall–Kier alpha value is -1.87. The van der Waals surface area contributed by atoms with Crippen molar-refractivity contribution in [2.45, 2.75) is 5.88 Å². The van der Waals surface area contributed by atoms with Crippen molar-refractivity contribution in [1.29, 1.82) is 0 Å². The topological polar surface area (TPSA) is 37.3 Å². The predicted octanol–water partition coefficient (Wildman–Crippen LogP) is 3.77. The second-order valence-electron chi connectivity index (χ2n) is 3.43. The Bertz CT molecular complexity index is 497. The van der Waals surface area contributed by atoms with E-state index in [1.165, 1.54) is 18.2 Å². The molecule has 2 rings (SSSR count). The molecule has 1 N–H and O–H groups in total. The van der Waals surface area contributed by atoms with Crippen LogP contribution in [0.3, 0.4) is 0 Å². The molecule has 0 atom stereocenters. The summed E-state index contributed by atoms with van der Waals surface area (Å²) in [5.41, 5.74) is 1.13. The highest BCUT2D eigenvalue weighted by Gasteiger charge is 1.95. The van der Waals surface area contributed by atoms with Crippen molar-refractivity contribution >= 4 is 17.9 Å². The Kier molecular flexibility index (Phi) is 5.88. The van der Waals surface area contributed by atoms with Gasteiger partial charge in [0, 0.05) is 11.1 Å². The number of carbonyl (C=O) groups is 1. The van der Waals surface area contributed by atoms with Gasteiger partial charge in [0.05, 0.1) is 5.88 Å². The van der Waals surface area contributed by atoms with Crippen molar-refractivity contribution in [3.05, 3.63) is 65.5 Å². The molecule has 2 aromatic carbocycles. The lowest BCUT2D eigenvalue weighted by atomic mass is 10.2. The maximum atomic E-state index is 12.5. The van der Waals surface area contributed by atoms with Crippen LogP contribution in [-0.4, -0.2) is 11.4 Å². The van der Waals surface area contributed by atoms with Gasteiger partial charge in [-0.25, -0.2) is 4.39 Å². The molecule has 0 bridgehead atoms. The van der Waals surface area contributed by atoms with E-state index in [1.807, 2.05) is 0 Å². The summed E-state index contributed by atoms with van der Waals surface area (Å²) in [6.07, 6.45) is 0.736. The molecule has 18 heavy (non-hydrogen) atoms. The molecule has 2 aromatic rings. The lowest BCUT2D eigenvalue weighted by molar-refractivity contribution is 0.112. The van der Waals surface area contributed by atoms with E-state index in [2.05, 4.69) is 0 Å². The number of carbonyl (C=O) groups excluding carboxylic acids is 1. The Morgan fingerprint density at radius 3 is 2.17 bits per heavy atom. The molecule has 0 aliphatic rings. The van der Waals surface area contributed by atoms with E-state index in [0.29, 0.717) is 11.1 Å². The van der Waals surface area contributed by atoms with Crippen molar-refractivity contribution in [3.8, 4) is 5.75 Å². The number of benzene rings is 2. The molecule has 2 nitrogen and oxygen atoms in total. The highest BCUT2D eigenvalue weighted by Crippen LogP contribution is 2.08. The van der Waals surface area contributed by atoms with Gasteiger partial charge in [-0.15, -0.1) is 11.6 Å². The predicted molar refractivity (Wildman–Crippen MR) is 69.5 cm³/mol. The summed E-state index contributed by atoms with van der Waals surface area (Å²) in [7, 11) is 0. The number of alkyl halides is 1. The highest BCUT2D eigenvalue weighted by atomic mass is 35.5. The van der Waals surface area contributed by atoms with Crippen LogP contribution in [0.25, 0.3) is 0 Å². The summed E-state index contributed by atoms with van der Waals surface area (Å²) in [5.74, 6) is 0.195. The molecule has 0 heterocycles. The van der Waals surface area contributed by atoms with Gasteiger partial charge in [-0.2, -0.15) is 0 Å². The molecular weight excluding hydrogens is 255 g/mol. The van der Waals surface area contributed by atoms with Crippen LogP contribution in [0.5, 0.6) is 5.75 Å². The summed E-state index contributed by atoms with van der Waals surface area (Å²) in [4.78, 5) is 10.0. The third-order valence-corrected chi connectivity index (χ3v) is 2.42. The third-order valence-electron chi connectivity index (χ3n) is 2.13. The maximum absolute atomic E-state index is 12.5. The van der Waals surface area contributed by atoms with Crippen molar-refractivity contribution in [3.63, 3.8) is 0 Å². The quantitative estimate of drug-likeness (QED) is 0.664. The van der Waals surface area contributed by atoms with Crippen LogP contribution in [0.15, 0.2) is 48.5 Å². The minimum atomic E-state index is -0.229. The van der Waals surface area contributed by atoms with E-state index in [0.717, 1.165) is 6.29 Å². The molecule has 0 aliphatic heterocycles. The zero-order chi connectivity index (χ0) is 13.4. The smallest absolute Gasteiger partial charge is 0.150 e. The van der Waals surface area contributed by atoms with Gasteiger partial charge in [0.2, 0.25) is 0 Å². The van der Waals surface area contributed by atoms with Crippen molar-refractivity contribution < 1.29 is 14.3 Å². The van der Waals surface area contributed by atoms with Crippen molar-refractivity contribution in [1.82, 2.24) is 0 Å². The Labute approximate surface area is 110 Å². The summed E-state index contributed by atoms with van der Waals surface area (Å²) in [6.45, 7) is 0. The third kappa shape index (κ3) is 4.55. The fourth-order valence-electron chi connectivity index (χ4n) is 1.16. The molecular formula is C14H12ClFO2. The molecule has 0 unspecified atom stereocenters. The number of halogens is 2. The Morgan fingerprint density at radius 2 is 1.72 bits per heavy atom. The van der Waals surface area contributed by atoms with Crippen LogP contribution in [0.4, 0.5) is 4.39 Å². The first-order chi connectivity index (χ1) is 8.67. The van der Waals surface area contributed by atoms with Crippen LogP contribution in [0.1, 0.15) is 15.9 Å². The summed E-state index contributed by atoms with van der Waals surface area (Å²) in [5, 5.41) is 8.74. The highest BCUT2D eigenvalue weighted by molar-refractivity contribution is 6.17. The van der Waals surface area contributed by atoms with Gasteiger partial charge in [-0.3, -0.25) is 4.79 Å². The number of rotatable bonds is 2. The first-order valence-electron chi connectivity index (χ1n) is 5.21. The molecule has 0 aliphatic carbocycles. The minimum absolute atomic E-state index is 0.181. The molecule has 94 valence electrons. The molecule has 0 fully saturated rings. The Balaban J connectivity index is 0.000000180. The first-order valence-corrected chi connectivity index (χ1v) is 5.74. The van der Waals surface area contributed by atoms with Gasteiger partial charge in [0.15, 0.2) is 0 Å². The average Bonchev–Trinajstić information content (AvgIpc) is 2.41. The van der Waals surface area contributed by atoms with Gasteiger partial charge >= 0.3 is 0 Å². The number of aromatic hydroxyl groups is 1. The van der Waals surface area contributed by atoms with Crippen LogP contribution in [-0.2, 0) is 5.88 Å². The number of hydrogen-bond donors (Lipinski definition) is 1. The molecule has 0 saturated heterocycles. The van der Waals surface area contributed by atoms with Crippen molar-refractivity contribution in [2.24, 2.45) is 0 Å². The summed E-state index contributed by atoms with van der Waals surface area (Å²) < 4.78 is 12.5. The lowest BCUT2D eigenvalue weighted by Crippen LogP contribution is -1.82. The van der Waals surface area contributed by atoms with Gasteiger partial charge in [0.1, 0.15) is 17.9 Å². The molecule has 0 radical (unpaired) electrons. The molecule has 0 amide bonds. The fraction of sp³-hybridized carbons (Fsp3) is 0.0714. The van der Waals surface area contributed by atoms with Crippen LogP contribution < -0.4 is 0 Å². The normalized spacial score (nSPS) is 9.22. The van der Waals surface area contributed by atoms with E-state index in [1.54, 1.807) is 30.3 Å². The van der Waals surface area contributed by atoms with Crippen molar-refractivity contribution in [2.75, 3.05) is 0 Å². The van der Waals surface area contributed by atoms with Gasteiger partial charge in [-0.05, 0) is 30.3 Å². The summed E-state index contributed by atoms with van der Waals surface area (Å²) >= 11 is 5.39. The molecule has 0 saturated carbocycles. The average molecular weight is 267 g/mol. The van der Waals surface area contributed by atoms with Gasteiger partial charge in [0.25, 0.3) is 0 Å². The minimum Gasteiger partial charge on any atom is -0.508 e. The molecule has 0 aromatic heterocycles. The summed E-state index contributed by atoms with van der Waals surface area (Å²) in [6, 6.07) is 12.5. The van der Waals surface area contributed by atoms with E-state index in [-0.39, 0.29) is 17.4 Å². The lowest BCUT2D eigenvalue weighted by Gasteiger charge is -1.93. The molecule has 4 heteroatoms. The number of phenols is 1. The fourth-order valence-corrected chi connectivity index (χ4v) is 1.38. The second kappa shape index (κ2) is 7.45. The van der Waals surface area contributed by atoms with Crippen LogP contribution in [0, 0.1) is 5.82 Å². The van der Waals surface area contributed by atoms with E-state index in [4.69, 9.17) is 16.7 Å². The van der Waals surface area contributed by atoms with E-state index in [9.17, 15) is 9.18 Å². The SMILES string of the molecule is Fc1ccccc1CCl.O=Cc1ccc(O)cc1. The van der Waals surface area contributed by atoms with E-state index < -0.39 is 0 Å². The zero-order valence-electron chi connectivity index (χ0n) is 9.51. The zero-order valence-corrected chi connectivity index (χ0v) is 10.3. The largest absolute Gasteiger partial charge is 0.508 e. The number of hydrogen-bond acceptors (Lipinski definition) is 2. The van der Waals surface area contributed by atoms with Gasteiger partial charge in [-0.1, -0.05) is 18.2 Å². The van der Waals surface area contributed by atoms with Crippen LogP contribution >= 0.6 is 11.6 Å². The Morgan fingerprint density at radius 1 is 1.11 bits per heavy atom. The monoisotopic (exact) mass is 266 g/mol. The second-order valence-corrected chi connectivity index (χ2v) is 3.70. The van der Waals surface area contributed by atoms with Crippen LogP contribution in [0.2, 0.25) is 0 Å². The standard InChI is InChI=1S/C7H6ClF.C7H6O2/c8-5-6-3-1-2-4-7(6)9;8-5-6-1-3-7(9)4-2-6/h1-4H,5H2;1-5,9H. The van der Waals surface area contributed by atoms with E-state index >= 15 is 0 Å². The number of aldehydes is 1.